The number of halogens is 2. The molecule has 2 aromatic heterocycles. The number of rotatable bonds is 6. The Bertz CT molecular complexity index is 1160. The van der Waals surface area contributed by atoms with Gasteiger partial charge in [0, 0.05) is 30.7 Å². The minimum atomic E-state index is -0.308. The number of hydrogen-bond acceptors (Lipinski definition) is 3. The number of aromatic nitrogens is 3. The molecule has 0 spiro atoms. The van der Waals surface area contributed by atoms with Crippen molar-refractivity contribution >= 4 is 21.8 Å². The molecule has 0 aliphatic heterocycles. The Hall–Kier alpha value is -3.32. The molecule has 0 saturated heterocycles. The number of nitrogens with zero attached hydrogens (tertiary/aromatic N) is 3. The van der Waals surface area contributed by atoms with Gasteiger partial charge in [0.15, 0.2) is 0 Å². The van der Waals surface area contributed by atoms with Crippen molar-refractivity contribution in [2.24, 2.45) is 0 Å². The fourth-order valence-corrected chi connectivity index (χ4v) is 3.51. The molecule has 4 rings (SSSR count). The molecule has 0 aliphatic carbocycles. The first-order chi connectivity index (χ1) is 14.6. The van der Waals surface area contributed by atoms with Gasteiger partial charge in [0.05, 0.1) is 15.7 Å². The zero-order valence-electron chi connectivity index (χ0n) is 15.9. The van der Waals surface area contributed by atoms with Gasteiger partial charge in [-0.3, -0.25) is 9.78 Å². The summed E-state index contributed by atoms with van der Waals surface area (Å²) in [6, 6.07) is 18.1. The van der Waals surface area contributed by atoms with Gasteiger partial charge in [0.1, 0.15) is 11.5 Å². The molecule has 0 fully saturated rings. The molecule has 30 heavy (non-hydrogen) atoms. The largest absolute Gasteiger partial charge is 0.352 e. The first kappa shape index (κ1) is 20.0. The molecule has 0 aliphatic rings. The fourth-order valence-electron chi connectivity index (χ4n) is 3.08. The predicted molar refractivity (Wildman–Crippen MR) is 117 cm³/mol. The molecule has 7 heteroatoms. The first-order valence-electron chi connectivity index (χ1n) is 9.39. The Balaban J connectivity index is 1.56. The van der Waals surface area contributed by atoms with E-state index in [1.165, 1.54) is 6.07 Å². The van der Waals surface area contributed by atoms with E-state index in [2.05, 4.69) is 31.3 Å². The summed E-state index contributed by atoms with van der Waals surface area (Å²) < 4.78 is 15.5. The van der Waals surface area contributed by atoms with Gasteiger partial charge >= 0.3 is 0 Å². The Labute approximate surface area is 181 Å². The third kappa shape index (κ3) is 4.46. The molecule has 0 saturated carbocycles. The molecule has 0 unspecified atom stereocenters. The van der Waals surface area contributed by atoms with Crippen LogP contribution in [0.1, 0.15) is 15.9 Å². The van der Waals surface area contributed by atoms with E-state index in [1.807, 2.05) is 42.5 Å². The maximum Gasteiger partial charge on any atom is 0.255 e. The van der Waals surface area contributed by atoms with Crippen LogP contribution < -0.4 is 5.32 Å². The van der Waals surface area contributed by atoms with Crippen LogP contribution in [0.4, 0.5) is 4.39 Å². The van der Waals surface area contributed by atoms with Crippen LogP contribution in [-0.2, 0) is 6.42 Å². The van der Waals surface area contributed by atoms with Crippen molar-refractivity contribution in [3.8, 4) is 16.9 Å². The highest BCUT2D eigenvalue weighted by molar-refractivity contribution is 9.10. The van der Waals surface area contributed by atoms with Crippen LogP contribution in [0.3, 0.4) is 0 Å². The minimum Gasteiger partial charge on any atom is -0.352 e. The quantitative estimate of drug-likeness (QED) is 0.445. The van der Waals surface area contributed by atoms with Crippen molar-refractivity contribution in [2.75, 3.05) is 6.54 Å². The lowest BCUT2D eigenvalue weighted by Crippen LogP contribution is -2.25. The van der Waals surface area contributed by atoms with Gasteiger partial charge in [-0.05, 0) is 64.3 Å². The molecule has 5 nitrogen and oxygen atoms in total. The minimum absolute atomic E-state index is 0.225. The normalized spacial score (nSPS) is 10.7. The SMILES string of the molecule is O=C(NCCc1ccc(F)c(Br)c1)c1cn(-c2ccccc2)nc1-c1cccnc1. The number of para-hydroxylation sites is 1. The fraction of sp³-hybridized carbons (Fsp3) is 0.0870. The Morgan fingerprint density at radius 1 is 1.10 bits per heavy atom. The molecule has 2 heterocycles. The van der Waals surface area contributed by atoms with Gasteiger partial charge in [-0.15, -0.1) is 0 Å². The van der Waals surface area contributed by atoms with E-state index < -0.39 is 0 Å². The van der Waals surface area contributed by atoms with Crippen LogP contribution >= 0.6 is 15.9 Å². The molecule has 0 bridgehead atoms. The highest BCUT2D eigenvalue weighted by Gasteiger charge is 2.18. The molecule has 2 aromatic carbocycles. The van der Waals surface area contributed by atoms with Gasteiger partial charge in [-0.2, -0.15) is 5.10 Å². The van der Waals surface area contributed by atoms with Gasteiger partial charge in [-0.1, -0.05) is 24.3 Å². The number of carbonyl (C=O) groups is 1. The number of pyridine rings is 1. The molecule has 0 radical (unpaired) electrons. The summed E-state index contributed by atoms with van der Waals surface area (Å²) >= 11 is 3.18. The van der Waals surface area contributed by atoms with E-state index in [1.54, 1.807) is 35.4 Å². The van der Waals surface area contributed by atoms with Gasteiger partial charge in [0.2, 0.25) is 0 Å². The number of hydrogen-bond donors (Lipinski definition) is 1. The van der Waals surface area contributed by atoms with Crippen LogP contribution in [0.25, 0.3) is 16.9 Å². The zero-order valence-corrected chi connectivity index (χ0v) is 17.5. The van der Waals surface area contributed by atoms with E-state index >= 15 is 0 Å². The Morgan fingerprint density at radius 3 is 2.67 bits per heavy atom. The van der Waals surface area contributed by atoms with Crippen LogP contribution in [0, 0.1) is 5.82 Å². The van der Waals surface area contributed by atoms with Crippen molar-refractivity contribution in [3.63, 3.8) is 0 Å². The van der Waals surface area contributed by atoms with Crippen LogP contribution in [0.15, 0.2) is 83.7 Å². The maximum absolute atomic E-state index is 13.4. The maximum atomic E-state index is 13.4. The Kier molecular flexibility index (Phi) is 5.99. The zero-order chi connectivity index (χ0) is 20.9. The number of benzene rings is 2. The van der Waals surface area contributed by atoms with E-state index in [4.69, 9.17) is 0 Å². The topological polar surface area (TPSA) is 59.8 Å². The summed E-state index contributed by atoms with van der Waals surface area (Å²) in [6.45, 7) is 0.417. The second-order valence-corrected chi connectivity index (χ2v) is 7.52. The summed E-state index contributed by atoms with van der Waals surface area (Å²) in [4.78, 5) is 17.1. The summed E-state index contributed by atoms with van der Waals surface area (Å²) in [5.74, 6) is -0.533. The highest BCUT2D eigenvalue weighted by Crippen LogP contribution is 2.23. The second-order valence-electron chi connectivity index (χ2n) is 6.67. The van der Waals surface area contributed by atoms with Crippen molar-refractivity contribution in [3.05, 3.63) is 101 Å². The van der Waals surface area contributed by atoms with Gasteiger partial charge in [0.25, 0.3) is 5.91 Å². The van der Waals surface area contributed by atoms with Crippen LogP contribution in [0.2, 0.25) is 0 Å². The molecule has 1 N–H and O–H groups in total. The number of amides is 1. The van der Waals surface area contributed by atoms with Crippen LogP contribution in [-0.4, -0.2) is 27.2 Å². The number of nitrogens with one attached hydrogen (secondary N) is 1. The van der Waals surface area contributed by atoms with Crippen molar-refractivity contribution in [1.82, 2.24) is 20.1 Å². The van der Waals surface area contributed by atoms with Crippen molar-refractivity contribution in [2.45, 2.75) is 6.42 Å². The molecule has 1 amide bonds. The van der Waals surface area contributed by atoms with Crippen LogP contribution in [0.5, 0.6) is 0 Å². The monoisotopic (exact) mass is 464 g/mol. The lowest BCUT2D eigenvalue weighted by Gasteiger charge is -2.06. The molecular formula is C23H18BrFN4O. The predicted octanol–water partition coefficient (Wildman–Crippen LogP) is 4.81. The smallest absolute Gasteiger partial charge is 0.255 e. The molecule has 150 valence electrons. The standard InChI is InChI=1S/C23H18BrFN4O/c24-20-13-16(8-9-21(20)25)10-12-27-23(30)19-15-29(18-6-2-1-3-7-18)28-22(19)17-5-4-11-26-14-17/h1-9,11,13-15H,10,12H2,(H,27,30). The van der Waals surface area contributed by atoms with Gasteiger partial charge in [-0.25, -0.2) is 9.07 Å². The summed E-state index contributed by atoms with van der Waals surface area (Å²) in [5, 5.41) is 7.56. The highest BCUT2D eigenvalue weighted by atomic mass is 79.9. The molecule has 4 aromatic rings. The number of carbonyl (C=O) groups excluding carboxylic acids is 1. The lowest BCUT2D eigenvalue weighted by molar-refractivity contribution is 0.0954. The molecule has 0 atom stereocenters. The second kappa shape index (κ2) is 9.00. The van der Waals surface area contributed by atoms with E-state index in [0.717, 1.165) is 16.8 Å². The molecular weight excluding hydrogens is 447 g/mol. The first-order valence-corrected chi connectivity index (χ1v) is 10.2. The van der Waals surface area contributed by atoms with E-state index in [0.29, 0.717) is 28.7 Å². The van der Waals surface area contributed by atoms with Crippen molar-refractivity contribution < 1.29 is 9.18 Å². The average molecular weight is 465 g/mol. The summed E-state index contributed by atoms with van der Waals surface area (Å²) in [5.41, 5.74) is 3.58. The Morgan fingerprint density at radius 2 is 1.93 bits per heavy atom. The van der Waals surface area contributed by atoms with E-state index in [-0.39, 0.29) is 11.7 Å². The van der Waals surface area contributed by atoms with E-state index in [9.17, 15) is 9.18 Å². The summed E-state index contributed by atoms with van der Waals surface area (Å²) in [6.07, 6.45) is 5.67. The average Bonchev–Trinajstić information content (AvgIpc) is 3.23. The van der Waals surface area contributed by atoms with Gasteiger partial charge < -0.3 is 5.32 Å². The lowest BCUT2D eigenvalue weighted by atomic mass is 10.1. The third-order valence-electron chi connectivity index (χ3n) is 4.60. The van der Waals surface area contributed by atoms with Crippen molar-refractivity contribution in [1.29, 1.82) is 0 Å². The third-order valence-corrected chi connectivity index (χ3v) is 5.21. The summed E-state index contributed by atoms with van der Waals surface area (Å²) in [7, 11) is 0.